The first-order valence-electron chi connectivity index (χ1n) is 9.22. The first-order chi connectivity index (χ1) is 15.2. The van der Waals surface area contributed by atoms with E-state index in [1.165, 1.54) is 22.9 Å². The van der Waals surface area contributed by atoms with E-state index >= 15 is 0 Å². The summed E-state index contributed by atoms with van der Waals surface area (Å²) in [4.78, 5) is -0.249. The summed E-state index contributed by atoms with van der Waals surface area (Å²) in [5, 5.41) is 10.7. The van der Waals surface area contributed by atoms with Gasteiger partial charge in [0.15, 0.2) is 0 Å². The van der Waals surface area contributed by atoms with Crippen molar-refractivity contribution in [2.75, 3.05) is 0 Å². The largest absolute Gasteiger partial charge is 0.268 e. The zero-order valence-corrected chi connectivity index (χ0v) is 18.5. The van der Waals surface area contributed by atoms with E-state index < -0.39 is 16.4 Å². The predicted octanol–water partition coefficient (Wildman–Crippen LogP) is 6.10. The number of hydrogen-bond acceptors (Lipinski definition) is 3. The molecule has 0 aliphatic heterocycles. The standard InChI is InChI=1S/C22H15Cl2F2N3O2S/c23-15-9-5-13(6-10-15)20-19(22(25)26)21(14-7-11-16(24)12-8-14)29(28-20)17-3-1-2-4-18(17)32(27,30)31/h1-12,22H,(H2,27,30,31). The molecule has 0 spiro atoms. The first-order valence-corrected chi connectivity index (χ1v) is 11.5. The number of alkyl halides is 2. The smallest absolute Gasteiger partial charge is 0.231 e. The van der Waals surface area contributed by atoms with E-state index in [4.69, 9.17) is 28.3 Å². The molecule has 32 heavy (non-hydrogen) atoms. The maximum absolute atomic E-state index is 14.4. The number of aromatic nitrogens is 2. The van der Waals surface area contributed by atoms with Gasteiger partial charge in [-0.15, -0.1) is 0 Å². The number of nitrogens with two attached hydrogens (primary N) is 1. The summed E-state index contributed by atoms with van der Waals surface area (Å²) in [6, 6.07) is 18.3. The molecular weight excluding hydrogens is 479 g/mol. The molecule has 0 amide bonds. The van der Waals surface area contributed by atoms with Crippen LogP contribution in [0.2, 0.25) is 10.0 Å². The van der Waals surface area contributed by atoms with Crippen molar-refractivity contribution < 1.29 is 17.2 Å². The molecule has 164 valence electrons. The molecule has 0 aliphatic rings. The van der Waals surface area contributed by atoms with Gasteiger partial charge in [-0.05, 0) is 36.4 Å². The molecule has 1 heterocycles. The van der Waals surface area contributed by atoms with Gasteiger partial charge < -0.3 is 0 Å². The molecule has 0 fully saturated rings. The van der Waals surface area contributed by atoms with Crippen LogP contribution in [0.15, 0.2) is 77.7 Å². The Labute approximate surface area is 193 Å². The van der Waals surface area contributed by atoms with E-state index in [0.717, 1.165) is 0 Å². The van der Waals surface area contributed by atoms with E-state index in [0.29, 0.717) is 21.2 Å². The third-order valence-corrected chi connectivity index (χ3v) is 6.24. The molecule has 4 aromatic rings. The second-order valence-electron chi connectivity index (χ2n) is 6.85. The molecule has 2 N–H and O–H groups in total. The van der Waals surface area contributed by atoms with E-state index in [1.807, 2.05) is 0 Å². The van der Waals surface area contributed by atoms with Crippen molar-refractivity contribution in [3.05, 3.63) is 88.4 Å². The summed E-state index contributed by atoms with van der Waals surface area (Å²) in [6.45, 7) is 0. The Balaban J connectivity index is 2.11. The maximum atomic E-state index is 14.4. The number of nitrogens with zero attached hydrogens (tertiary/aromatic N) is 2. The number of rotatable bonds is 5. The highest BCUT2D eigenvalue weighted by molar-refractivity contribution is 7.89. The third-order valence-electron chi connectivity index (χ3n) is 4.78. The van der Waals surface area contributed by atoms with Gasteiger partial charge in [-0.1, -0.05) is 59.6 Å². The lowest BCUT2D eigenvalue weighted by Crippen LogP contribution is -2.16. The Hall–Kier alpha value is -2.78. The van der Waals surface area contributed by atoms with Crippen molar-refractivity contribution in [2.45, 2.75) is 11.3 Å². The fourth-order valence-electron chi connectivity index (χ4n) is 3.39. The van der Waals surface area contributed by atoms with Crippen molar-refractivity contribution in [3.8, 4) is 28.2 Å². The molecular formula is C22H15Cl2F2N3O2S. The Morgan fingerprint density at radius 2 is 1.38 bits per heavy atom. The fourth-order valence-corrected chi connectivity index (χ4v) is 4.36. The van der Waals surface area contributed by atoms with Gasteiger partial charge in [0.25, 0.3) is 6.43 Å². The zero-order valence-electron chi connectivity index (χ0n) is 16.2. The minimum atomic E-state index is -4.17. The van der Waals surface area contributed by atoms with Crippen LogP contribution in [0, 0.1) is 0 Å². The summed E-state index contributed by atoms with van der Waals surface area (Å²) in [5.74, 6) is 0. The molecule has 3 aromatic carbocycles. The van der Waals surface area contributed by atoms with Crippen molar-refractivity contribution in [1.29, 1.82) is 0 Å². The molecule has 0 aliphatic carbocycles. The molecule has 0 atom stereocenters. The van der Waals surface area contributed by atoms with E-state index in [2.05, 4.69) is 5.10 Å². The lowest BCUT2D eigenvalue weighted by atomic mass is 10.0. The normalized spacial score (nSPS) is 11.8. The van der Waals surface area contributed by atoms with Crippen LogP contribution in [0.4, 0.5) is 8.78 Å². The van der Waals surface area contributed by atoms with Crippen LogP contribution >= 0.6 is 23.2 Å². The highest BCUT2D eigenvalue weighted by Gasteiger charge is 2.29. The van der Waals surface area contributed by atoms with E-state index in [1.54, 1.807) is 54.6 Å². The number of benzene rings is 3. The topological polar surface area (TPSA) is 78.0 Å². The minimum Gasteiger partial charge on any atom is -0.231 e. The molecule has 10 heteroatoms. The quantitative estimate of drug-likeness (QED) is 0.364. The van der Waals surface area contributed by atoms with Crippen LogP contribution in [0.25, 0.3) is 28.2 Å². The van der Waals surface area contributed by atoms with Gasteiger partial charge in [0, 0.05) is 21.2 Å². The Morgan fingerprint density at radius 3 is 1.91 bits per heavy atom. The average molecular weight is 494 g/mol. The van der Waals surface area contributed by atoms with Crippen LogP contribution in [0.1, 0.15) is 12.0 Å². The summed E-state index contributed by atoms with van der Waals surface area (Å²) in [5.41, 5.74) is 0.470. The molecule has 1 aromatic heterocycles. The summed E-state index contributed by atoms with van der Waals surface area (Å²) >= 11 is 11.9. The van der Waals surface area contributed by atoms with Gasteiger partial charge in [-0.2, -0.15) is 5.10 Å². The number of halogens is 4. The van der Waals surface area contributed by atoms with E-state index in [9.17, 15) is 17.2 Å². The molecule has 4 rings (SSSR count). The van der Waals surface area contributed by atoms with Crippen LogP contribution in [-0.2, 0) is 10.0 Å². The van der Waals surface area contributed by atoms with Gasteiger partial charge >= 0.3 is 0 Å². The third kappa shape index (κ3) is 4.27. The molecule has 0 bridgehead atoms. The van der Waals surface area contributed by atoms with Gasteiger partial charge in [0.2, 0.25) is 10.0 Å². The SMILES string of the molecule is NS(=O)(=O)c1ccccc1-n1nc(-c2ccc(Cl)cc2)c(C(F)F)c1-c1ccc(Cl)cc1. The van der Waals surface area contributed by atoms with Gasteiger partial charge in [-0.3, -0.25) is 0 Å². The highest BCUT2D eigenvalue weighted by Crippen LogP contribution is 2.41. The highest BCUT2D eigenvalue weighted by atomic mass is 35.5. The second kappa shape index (κ2) is 8.63. The van der Waals surface area contributed by atoms with Crippen molar-refractivity contribution in [2.24, 2.45) is 5.14 Å². The lowest BCUT2D eigenvalue weighted by Gasteiger charge is -2.13. The summed E-state index contributed by atoms with van der Waals surface area (Å²) < 4.78 is 54.5. The monoisotopic (exact) mass is 493 g/mol. The zero-order chi connectivity index (χ0) is 23.0. The van der Waals surface area contributed by atoms with E-state index in [-0.39, 0.29) is 27.5 Å². The van der Waals surface area contributed by atoms with Gasteiger partial charge in [0.1, 0.15) is 10.6 Å². The number of primary sulfonamides is 1. The first kappa shape index (κ1) is 22.4. The molecule has 0 saturated carbocycles. The predicted molar refractivity (Wildman–Crippen MR) is 121 cm³/mol. The summed E-state index contributed by atoms with van der Waals surface area (Å²) in [7, 11) is -4.17. The average Bonchev–Trinajstić information content (AvgIpc) is 3.15. The molecule has 5 nitrogen and oxygen atoms in total. The fraction of sp³-hybridized carbons (Fsp3) is 0.0455. The van der Waals surface area contributed by atoms with Crippen molar-refractivity contribution in [1.82, 2.24) is 9.78 Å². The van der Waals surface area contributed by atoms with Crippen molar-refractivity contribution >= 4 is 33.2 Å². The maximum Gasteiger partial charge on any atom is 0.268 e. The lowest BCUT2D eigenvalue weighted by molar-refractivity contribution is 0.152. The molecule has 0 saturated heterocycles. The Bertz CT molecular complexity index is 1390. The van der Waals surface area contributed by atoms with Crippen molar-refractivity contribution in [3.63, 3.8) is 0 Å². The Kier molecular flexibility index (Phi) is 6.05. The number of hydrogen-bond donors (Lipinski definition) is 1. The van der Waals surface area contributed by atoms with Crippen LogP contribution < -0.4 is 5.14 Å². The molecule has 0 radical (unpaired) electrons. The van der Waals surface area contributed by atoms with Crippen LogP contribution in [0.3, 0.4) is 0 Å². The molecule has 0 unspecified atom stereocenters. The van der Waals surface area contributed by atoms with Crippen LogP contribution in [0.5, 0.6) is 0 Å². The summed E-state index contributed by atoms with van der Waals surface area (Å²) in [6.07, 6.45) is -2.92. The second-order valence-corrected chi connectivity index (χ2v) is 9.25. The minimum absolute atomic E-state index is 0.00848. The number of sulfonamides is 1. The van der Waals surface area contributed by atoms with Crippen LogP contribution in [-0.4, -0.2) is 18.2 Å². The van der Waals surface area contributed by atoms with Gasteiger partial charge in [-0.25, -0.2) is 27.0 Å². The Morgan fingerprint density at radius 1 is 0.844 bits per heavy atom. The number of para-hydroxylation sites is 1. The van der Waals surface area contributed by atoms with Gasteiger partial charge in [0.05, 0.1) is 16.9 Å².